The van der Waals surface area contributed by atoms with E-state index in [1.54, 1.807) is 43.3 Å². The smallest absolute Gasteiger partial charge is 0.355 e. The molecule has 0 saturated carbocycles. The maximum atomic E-state index is 13.3. The zero-order valence-corrected chi connectivity index (χ0v) is 17.4. The van der Waals surface area contributed by atoms with Gasteiger partial charge in [-0.25, -0.2) is 9.69 Å². The molecule has 8 heteroatoms. The lowest BCUT2D eigenvalue weighted by Gasteiger charge is -2.22. The molecule has 1 fully saturated rings. The molecule has 2 amide bonds. The van der Waals surface area contributed by atoms with Crippen LogP contribution in [0.1, 0.15) is 12.5 Å². The van der Waals surface area contributed by atoms with Crippen LogP contribution in [0.25, 0.3) is 0 Å². The molecule has 0 unspecified atom stereocenters. The van der Waals surface area contributed by atoms with Gasteiger partial charge in [0.05, 0.1) is 18.0 Å². The fourth-order valence-corrected chi connectivity index (χ4v) is 3.81. The molecule has 2 aliphatic heterocycles. The highest BCUT2D eigenvalue weighted by Gasteiger charge is 2.59. The van der Waals surface area contributed by atoms with E-state index in [2.05, 4.69) is 21.0 Å². The molecule has 29 heavy (non-hydrogen) atoms. The van der Waals surface area contributed by atoms with Gasteiger partial charge in [-0.05, 0) is 50.2 Å². The number of ether oxygens (including phenoxy) is 1. The number of esters is 1. The van der Waals surface area contributed by atoms with Gasteiger partial charge in [0.2, 0.25) is 5.91 Å². The maximum Gasteiger partial charge on any atom is 0.355 e. The Hall–Kier alpha value is -3.00. The van der Waals surface area contributed by atoms with Crippen molar-refractivity contribution < 1.29 is 19.1 Å². The number of halogens is 1. The normalized spacial score (nSPS) is 20.7. The molecule has 0 aliphatic carbocycles. The third-order valence-electron chi connectivity index (χ3n) is 4.92. The van der Waals surface area contributed by atoms with Crippen LogP contribution in [0.15, 0.2) is 58.1 Å². The predicted octanol–water partition coefficient (Wildman–Crippen LogP) is 3.05. The van der Waals surface area contributed by atoms with Crippen LogP contribution < -0.4 is 9.91 Å². The zero-order chi connectivity index (χ0) is 20.7. The van der Waals surface area contributed by atoms with Crippen LogP contribution in [0, 0.1) is 12.8 Å². The lowest BCUT2D eigenvalue weighted by Crippen LogP contribution is -2.39. The summed E-state index contributed by atoms with van der Waals surface area (Å²) in [5, 5.41) is 5.77. The molecular formula is C21H18BrN3O4. The van der Waals surface area contributed by atoms with Crippen LogP contribution >= 0.6 is 15.9 Å². The number of anilines is 2. The second kappa shape index (κ2) is 7.44. The first kappa shape index (κ1) is 19.3. The molecule has 2 atom stereocenters. The number of hydrazone groups is 1. The van der Waals surface area contributed by atoms with E-state index in [1.165, 1.54) is 5.01 Å². The highest BCUT2D eigenvalue weighted by Crippen LogP contribution is 2.38. The van der Waals surface area contributed by atoms with Crippen LogP contribution in [0.5, 0.6) is 0 Å². The average Bonchev–Trinajstić information content (AvgIpc) is 3.21. The molecule has 0 spiro atoms. The molecule has 2 aliphatic rings. The molecule has 2 aromatic carbocycles. The Kier molecular flexibility index (Phi) is 4.96. The molecule has 148 valence electrons. The van der Waals surface area contributed by atoms with Gasteiger partial charge in [0.15, 0.2) is 5.71 Å². The van der Waals surface area contributed by atoms with Crippen LogP contribution in [0.4, 0.5) is 11.4 Å². The number of rotatable bonds is 4. The second-order valence-corrected chi connectivity index (χ2v) is 7.71. The minimum atomic E-state index is -1.01. The summed E-state index contributed by atoms with van der Waals surface area (Å²) in [7, 11) is 0. The Labute approximate surface area is 176 Å². The van der Waals surface area contributed by atoms with E-state index in [9.17, 15) is 14.4 Å². The molecule has 1 saturated heterocycles. The number of aryl methyl sites for hydroxylation is 1. The number of hydrogen-bond donors (Lipinski definition) is 0. The standard InChI is InChI=1S/C21H18BrN3O4/c1-3-29-21(28)17-16-18(25(23-17)15-10-6-13(22)7-11-15)20(27)24(19(16)26)14-8-4-12(2)5-9-14/h4-11,16,18H,3H2,1-2H3/t16-,18-/m0/s1. The van der Waals surface area contributed by atoms with Crippen molar-refractivity contribution in [1.82, 2.24) is 0 Å². The Balaban J connectivity index is 1.78. The Bertz CT molecular complexity index is 1020. The van der Waals surface area contributed by atoms with Crippen LogP contribution in [-0.4, -0.2) is 36.1 Å². The number of amides is 2. The fourth-order valence-electron chi connectivity index (χ4n) is 3.54. The second-order valence-electron chi connectivity index (χ2n) is 6.80. The number of carbonyl (C=O) groups is 3. The summed E-state index contributed by atoms with van der Waals surface area (Å²) in [6.45, 7) is 3.75. The maximum absolute atomic E-state index is 13.3. The summed E-state index contributed by atoms with van der Waals surface area (Å²) in [6.07, 6.45) is 0. The molecule has 0 bridgehead atoms. The fraction of sp³-hybridized carbons (Fsp3) is 0.238. The van der Waals surface area contributed by atoms with Gasteiger partial charge in [-0.1, -0.05) is 33.6 Å². The molecule has 0 radical (unpaired) electrons. The minimum Gasteiger partial charge on any atom is -0.461 e. The van der Waals surface area contributed by atoms with Crippen molar-refractivity contribution in [2.45, 2.75) is 19.9 Å². The van der Waals surface area contributed by atoms with Gasteiger partial charge < -0.3 is 4.74 Å². The SMILES string of the molecule is CCOC(=O)C1=NN(c2ccc(Br)cc2)[C@@H]2C(=O)N(c3ccc(C)cc3)C(=O)[C@@H]12. The van der Waals surface area contributed by atoms with E-state index in [0.29, 0.717) is 11.4 Å². The monoisotopic (exact) mass is 455 g/mol. The molecule has 0 N–H and O–H groups in total. The van der Waals surface area contributed by atoms with E-state index in [1.807, 2.05) is 19.1 Å². The number of carbonyl (C=O) groups excluding carboxylic acids is 3. The first-order valence-electron chi connectivity index (χ1n) is 9.17. The third kappa shape index (κ3) is 3.23. The summed E-state index contributed by atoms with van der Waals surface area (Å²) in [6, 6.07) is 13.3. The van der Waals surface area contributed by atoms with Gasteiger partial charge in [0.1, 0.15) is 12.0 Å². The van der Waals surface area contributed by atoms with E-state index < -0.39 is 29.7 Å². The number of imide groups is 1. The summed E-state index contributed by atoms with van der Waals surface area (Å²) < 4.78 is 5.95. The first-order chi connectivity index (χ1) is 13.9. The van der Waals surface area contributed by atoms with Crippen LogP contribution in [0.3, 0.4) is 0 Å². The minimum absolute atomic E-state index is 0.0484. The van der Waals surface area contributed by atoms with Crippen molar-refractivity contribution in [1.29, 1.82) is 0 Å². The number of fused-ring (bicyclic) bond motifs is 1. The summed E-state index contributed by atoms with van der Waals surface area (Å²) in [5.41, 5.74) is 2.04. The van der Waals surface area contributed by atoms with Gasteiger partial charge in [-0.2, -0.15) is 5.10 Å². The van der Waals surface area contributed by atoms with E-state index in [4.69, 9.17) is 4.74 Å². The third-order valence-corrected chi connectivity index (χ3v) is 5.45. The molecule has 7 nitrogen and oxygen atoms in total. The largest absolute Gasteiger partial charge is 0.461 e. The first-order valence-corrected chi connectivity index (χ1v) is 9.96. The van der Waals surface area contributed by atoms with E-state index in [0.717, 1.165) is 14.9 Å². The van der Waals surface area contributed by atoms with Crippen molar-refractivity contribution in [3.8, 4) is 0 Å². The highest BCUT2D eigenvalue weighted by molar-refractivity contribution is 9.10. The molecular weight excluding hydrogens is 438 g/mol. The van der Waals surface area contributed by atoms with Gasteiger partial charge in [0.25, 0.3) is 5.91 Å². The number of benzene rings is 2. The quantitative estimate of drug-likeness (QED) is 0.522. The van der Waals surface area contributed by atoms with Crippen molar-refractivity contribution in [3.63, 3.8) is 0 Å². The summed E-state index contributed by atoms with van der Waals surface area (Å²) in [5.74, 6) is -2.59. The van der Waals surface area contributed by atoms with Crippen molar-refractivity contribution in [2.75, 3.05) is 16.5 Å². The van der Waals surface area contributed by atoms with E-state index >= 15 is 0 Å². The Morgan fingerprint density at radius 1 is 1.03 bits per heavy atom. The van der Waals surface area contributed by atoms with Gasteiger partial charge >= 0.3 is 5.97 Å². The number of nitrogens with zero attached hydrogens (tertiary/aromatic N) is 3. The van der Waals surface area contributed by atoms with Crippen molar-refractivity contribution in [2.24, 2.45) is 11.0 Å². The predicted molar refractivity (Wildman–Crippen MR) is 112 cm³/mol. The van der Waals surface area contributed by atoms with Crippen LogP contribution in [-0.2, 0) is 19.1 Å². The van der Waals surface area contributed by atoms with Crippen molar-refractivity contribution in [3.05, 3.63) is 58.6 Å². The van der Waals surface area contributed by atoms with Gasteiger partial charge in [0, 0.05) is 4.47 Å². The van der Waals surface area contributed by atoms with E-state index in [-0.39, 0.29) is 12.3 Å². The van der Waals surface area contributed by atoms with Crippen molar-refractivity contribution >= 4 is 50.8 Å². The molecule has 2 heterocycles. The lowest BCUT2D eigenvalue weighted by molar-refractivity contribution is -0.136. The number of hydrogen-bond acceptors (Lipinski definition) is 6. The Morgan fingerprint density at radius 2 is 1.66 bits per heavy atom. The summed E-state index contributed by atoms with van der Waals surface area (Å²) in [4.78, 5) is 40.1. The zero-order valence-electron chi connectivity index (χ0n) is 15.8. The molecule has 4 rings (SSSR count). The molecule has 2 aromatic rings. The topological polar surface area (TPSA) is 79.3 Å². The van der Waals surface area contributed by atoms with Gasteiger partial charge in [-0.3, -0.25) is 14.6 Å². The average molecular weight is 456 g/mol. The highest BCUT2D eigenvalue weighted by atomic mass is 79.9. The molecule has 0 aromatic heterocycles. The lowest BCUT2D eigenvalue weighted by atomic mass is 9.98. The van der Waals surface area contributed by atoms with Crippen LogP contribution in [0.2, 0.25) is 0 Å². The summed E-state index contributed by atoms with van der Waals surface area (Å²) >= 11 is 3.38. The Morgan fingerprint density at radius 3 is 2.28 bits per heavy atom. The van der Waals surface area contributed by atoms with Gasteiger partial charge in [-0.15, -0.1) is 0 Å².